The maximum absolute atomic E-state index is 12.3. The number of benzene rings is 2. The molecule has 29 heavy (non-hydrogen) atoms. The first-order chi connectivity index (χ1) is 13.9. The lowest BCUT2D eigenvalue weighted by Gasteiger charge is -2.09. The zero-order chi connectivity index (χ0) is 20.9. The first kappa shape index (κ1) is 20.1. The summed E-state index contributed by atoms with van der Waals surface area (Å²) in [6, 6.07) is 18.2. The summed E-state index contributed by atoms with van der Waals surface area (Å²) in [6.07, 6.45) is -3.66. The van der Waals surface area contributed by atoms with Crippen molar-refractivity contribution >= 4 is 11.7 Å². The molecule has 148 valence electrons. The molecule has 8 heteroatoms. The molecule has 0 radical (unpaired) electrons. The summed E-state index contributed by atoms with van der Waals surface area (Å²) >= 11 is 0. The quantitative estimate of drug-likeness (QED) is 0.599. The Hall–Kier alpha value is -3.68. The van der Waals surface area contributed by atoms with Crippen molar-refractivity contribution in [3.05, 3.63) is 72.9 Å². The van der Waals surface area contributed by atoms with Gasteiger partial charge in [-0.15, -0.1) is 0 Å². The fourth-order valence-corrected chi connectivity index (χ4v) is 2.46. The van der Waals surface area contributed by atoms with E-state index < -0.39 is 12.0 Å². The smallest absolute Gasteiger partial charge is 0.454 e. The maximum Gasteiger partial charge on any atom is 0.454 e. The summed E-state index contributed by atoms with van der Waals surface area (Å²) in [6.45, 7) is 0. The van der Waals surface area contributed by atoms with Crippen LogP contribution in [0.4, 0.5) is 19.1 Å². The van der Waals surface area contributed by atoms with Crippen LogP contribution in [-0.4, -0.2) is 29.0 Å². The number of methoxy groups -OCH3 is 1. The van der Waals surface area contributed by atoms with Crippen molar-refractivity contribution in [2.24, 2.45) is 0 Å². The van der Waals surface area contributed by atoms with E-state index in [2.05, 4.69) is 15.3 Å². The molecular weight excluding hydrogens is 383 g/mol. The van der Waals surface area contributed by atoms with E-state index in [9.17, 15) is 18.0 Å². The van der Waals surface area contributed by atoms with Gasteiger partial charge in [-0.1, -0.05) is 30.3 Å². The van der Waals surface area contributed by atoms with E-state index in [1.54, 1.807) is 25.3 Å². The summed E-state index contributed by atoms with van der Waals surface area (Å²) in [4.78, 5) is 19.7. The number of nitrogens with one attached hydrogen (secondary N) is 1. The summed E-state index contributed by atoms with van der Waals surface area (Å²) < 4.78 is 42.2. The zero-order valence-corrected chi connectivity index (χ0v) is 15.3. The lowest BCUT2D eigenvalue weighted by atomic mass is 10.1. The molecule has 0 saturated heterocycles. The third-order valence-corrected chi connectivity index (χ3v) is 3.91. The molecule has 2 aromatic carbocycles. The molecular formula is C21H16F3N3O2. The fraction of sp³-hybridized carbons (Fsp3) is 0.0952. The summed E-state index contributed by atoms with van der Waals surface area (Å²) in [5, 5.41) is 2.54. The van der Waals surface area contributed by atoms with Crippen molar-refractivity contribution in [1.29, 1.82) is 0 Å². The Kier molecular flexibility index (Phi) is 5.92. The van der Waals surface area contributed by atoms with Gasteiger partial charge in [0.05, 0.1) is 18.5 Å². The van der Waals surface area contributed by atoms with E-state index in [0.29, 0.717) is 23.2 Å². The van der Waals surface area contributed by atoms with Crippen LogP contribution in [-0.2, 0) is 4.79 Å². The number of halogens is 3. The predicted molar refractivity (Wildman–Crippen MR) is 103 cm³/mol. The highest BCUT2D eigenvalue weighted by atomic mass is 19.4. The zero-order valence-electron chi connectivity index (χ0n) is 15.3. The van der Waals surface area contributed by atoms with Gasteiger partial charge in [0.15, 0.2) is 0 Å². The van der Waals surface area contributed by atoms with Crippen molar-refractivity contribution < 1.29 is 22.7 Å². The number of nitrogens with zero attached hydrogens (tertiary/aromatic N) is 2. The summed E-state index contributed by atoms with van der Waals surface area (Å²) in [7, 11) is 1.56. The highest BCUT2D eigenvalue weighted by Gasteiger charge is 2.36. The molecule has 0 aliphatic rings. The van der Waals surface area contributed by atoms with Crippen molar-refractivity contribution in [3.63, 3.8) is 0 Å². The van der Waals surface area contributed by atoms with Gasteiger partial charge in [-0.3, -0.25) is 4.79 Å². The summed E-state index contributed by atoms with van der Waals surface area (Å²) in [5.41, 5.74) is 2.70. The molecule has 1 aromatic heterocycles. The molecule has 0 amide bonds. The number of hydrogen-bond donors (Lipinski definition) is 1. The molecule has 0 atom stereocenters. The maximum atomic E-state index is 12.3. The Bertz CT molecular complexity index is 1020. The Labute approximate surface area is 164 Å². The topological polar surface area (TPSA) is 64.1 Å². The number of allylic oxidation sites excluding steroid dienone is 1. The Balaban J connectivity index is 1.96. The van der Waals surface area contributed by atoms with Crippen LogP contribution in [0.1, 0.15) is 0 Å². The molecule has 1 N–H and O–H groups in total. The fourth-order valence-electron chi connectivity index (χ4n) is 2.46. The lowest BCUT2D eigenvalue weighted by Crippen LogP contribution is -2.20. The van der Waals surface area contributed by atoms with Gasteiger partial charge in [-0.25, -0.2) is 9.97 Å². The van der Waals surface area contributed by atoms with Crippen molar-refractivity contribution in [2.75, 3.05) is 12.4 Å². The number of ether oxygens (including phenoxy) is 1. The van der Waals surface area contributed by atoms with Crippen molar-refractivity contribution in [2.45, 2.75) is 6.18 Å². The molecule has 3 rings (SSSR count). The molecule has 0 spiro atoms. The van der Waals surface area contributed by atoms with E-state index in [-0.39, 0.29) is 5.95 Å². The second-order valence-electron chi connectivity index (χ2n) is 5.90. The SMILES string of the molecule is COc1ccc(-c2cc(-c3ccccc3)nc(N/C=C/C(=O)C(F)(F)F)n2)cc1. The first-order valence-electron chi connectivity index (χ1n) is 8.50. The van der Waals surface area contributed by atoms with Crippen LogP contribution in [0.25, 0.3) is 22.5 Å². The number of alkyl halides is 3. The van der Waals surface area contributed by atoms with Gasteiger partial charge in [-0.2, -0.15) is 13.2 Å². The van der Waals surface area contributed by atoms with Crippen LogP contribution in [0.2, 0.25) is 0 Å². The number of ketones is 1. The molecule has 0 unspecified atom stereocenters. The van der Waals surface area contributed by atoms with Gasteiger partial charge in [0.1, 0.15) is 5.75 Å². The molecule has 0 fully saturated rings. The van der Waals surface area contributed by atoms with Crippen LogP contribution in [0.3, 0.4) is 0 Å². The molecule has 5 nitrogen and oxygen atoms in total. The minimum Gasteiger partial charge on any atom is -0.497 e. The van der Waals surface area contributed by atoms with Crippen LogP contribution in [0, 0.1) is 0 Å². The third-order valence-electron chi connectivity index (χ3n) is 3.91. The second kappa shape index (κ2) is 8.55. The average Bonchev–Trinajstić information content (AvgIpc) is 2.73. The van der Waals surface area contributed by atoms with Gasteiger partial charge in [-0.05, 0) is 30.3 Å². The average molecular weight is 399 g/mol. The van der Waals surface area contributed by atoms with E-state index >= 15 is 0 Å². The van der Waals surface area contributed by atoms with Crippen LogP contribution in [0.15, 0.2) is 72.9 Å². The third kappa shape index (κ3) is 5.19. The highest BCUT2D eigenvalue weighted by molar-refractivity contribution is 5.94. The van der Waals surface area contributed by atoms with Crippen LogP contribution < -0.4 is 10.1 Å². The lowest BCUT2D eigenvalue weighted by molar-refractivity contribution is -0.165. The minimum atomic E-state index is -4.93. The number of carbonyl (C=O) groups excluding carboxylic acids is 1. The summed E-state index contributed by atoms with van der Waals surface area (Å²) in [5.74, 6) is -1.24. The molecule has 0 aliphatic heterocycles. The monoisotopic (exact) mass is 399 g/mol. The minimum absolute atomic E-state index is 0.0587. The van der Waals surface area contributed by atoms with E-state index in [4.69, 9.17) is 4.74 Å². The predicted octanol–water partition coefficient (Wildman–Crippen LogP) is 4.88. The molecule has 0 aliphatic carbocycles. The largest absolute Gasteiger partial charge is 0.497 e. The van der Waals surface area contributed by atoms with Crippen LogP contribution >= 0.6 is 0 Å². The number of anilines is 1. The Morgan fingerprint density at radius 3 is 2.10 bits per heavy atom. The van der Waals surface area contributed by atoms with Gasteiger partial charge in [0, 0.05) is 23.4 Å². The van der Waals surface area contributed by atoms with Crippen LogP contribution in [0.5, 0.6) is 5.75 Å². The second-order valence-corrected chi connectivity index (χ2v) is 5.90. The van der Waals surface area contributed by atoms with Gasteiger partial charge in [0.25, 0.3) is 5.78 Å². The van der Waals surface area contributed by atoms with Crippen molar-refractivity contribution in [1.82, 2.24) is 9.97 Å². The molecule has 3 aromatic rings. The highest BCUT2D eigenvalue weighted by Crippen LogP contribution is 2.26. The first-order valence-corrected chi connectivity index (χ1v) is 8.50. The van der Waals surface area contributed by atoms with E-state index in [1.807, 2.05) is 42.5 Å². The molecule has 0 bridgehead atoms. The number of aromatic nitrogens is 2. The standard InChI is InChI=1S/C21H16F3N3O2/c1-29-16-9-7-15(8-10-16)18-13-17(14-5-3-2-4-6-14)26-20(27-18)25-12-11-19(28)21(22,23)24/h2-13H,1H3,(H,25,26,27)/b12-11+. The number of rotatable bonds is 6. The molecule has 0 saturated carbocycles. The van der Waals surface area contributed by atoms with Crippen molar-refractivity contribution in [3.8, 4) is 28.3 Å². The molecule has 1 heterocycles. The Morgan fingerprint density at radius 2 is 1.55 bits per heavy atom. The van der Waals surface area contributed by atoms with E-state index in [1.165, 1.54) is 0 Å². The van der Waals surface area contributed by atoms with Gasteiger partial charge >= 0.3 is 6.18 Å². The normalized spacial score (nSPS) is 11.4. The van der Waals surface area contributed by atoms with Gasteiger partial charge < -0.3 is 10.1 Å². The van der Waals surface area contributed by atoms with Gasteiger partial charge in [0.2, 0.25) is 5.95 Å². The number of carbonyl (C=O) groups is 1. The Morgan fingerprint density at radius 1 is 0.966 bits per heavy atom. The van der Waals surface area contributed by atoms with E-state index in [0.717, 1.165) is 17.3 Å². The number of hydrogen-bond acceptors (Lipinski definition) is 5.